The zero-order valence-corrected chi connectivity index (χ0v) is 12.9. The number of carbonyl (C=O) groups excluding carboxylic acids is 1. The van der Waals surface area contributed by atoms with Crippen molar-refractivity contribution in [2.45, 2.75) is 20.0 Å². The molecule has 0 bridgehead atoms. The minimum absolute atomic E-state index is 0.128. The molecule has 0 saturated heterocycles. The number of fused-ring (bicyclic) bond motifs is 1. The van der Waals surface area contributed by atoms with Crippen LogP contribution in [0.4, 0.5) is 0 Å². The third-order valence-corrected chi connectivity index (χ3v) is 3.57. The summed E-state index contributed by atoms with van der Waals surface area (Å²) in [6.45, 7) is 2.21. The van der Waals surface area contributed by atoms with Gasteiger partial charge in [-0.3, -0.25) is 4.79 Å². The standard InChI is InChI=1S/C17H15ClN2O2/c1-2-16(21)12-3-6-15(7-4-12)22-11-14-10-20-9-13(18)5-8-17(20)19-14/h3-10H,2,11H2,1H3. The van der Waals surface area contributed by atoms with Crippen LogP contribution in [-0.4, -0.2) is 15.2 Å². The van der Waals surface area contributed by atoms with Crippen molar-refractivity contribution in [2.24, 2.45) is 0 Å². The van der Waals surface area contributed by atoms with Crippen LogP contribution in [0.2, 0.25) is 5.02 Å². The van der Waals surface area contributed by atoms with Crippen LogP contribution in [0.3, 0.4) is 0 Å². The van der Waals surface area contributed by atoms with E-state index in [0.717, 1.165) is 11.3 Å². The predicted molar refractivity (Wildman–Crippen MR) is 85.6 cm³/mol. The summed E-state index contributed by atoms with van der Waals surface area (Å²) in [7, 11) is 0. The van der Waals surface area contributed by atoms with Gasteiger partial charge in [-0.05, 0) is 36.4 Å². The van der Waals surface area contributed by atoms with Crippen molar-refractivity contribution in [3.8, 4) is 5.75 Å². The zero-order valence-electron chi connectivity index (χ0n) is 12.1. The van der Waals surface area contributed by atoms with E-state index in [1.165, 1.54) is 0 Å². The first-order chi connectivity index (χ1) is 10.7. The first-order valence-electron chi connectivity index (χ1n) is 7.05. The van der Waals surface area contributed by atoms with Crippen molar-refractivity contribution in [1.29, 1.82) is 0 Å². The van der Waals surface area contributed by atoms with Crippen LogP contribution in [-0.2, 0) is 6.61 Å². The number of hydrogen-bond donors (Lipinski definition) is 0. The van der Waals surface area contributed by atoms with Crippen LogP contribution in [0.15, 0.2) is 48.8 Å². The highest BCUT2D eigenvalue weighted by atomic mass is 35.5. The van der Waals surface area contributed by atoms with Crippen molar-refractivity contribution in [2.75, 3.05) is 0 Å². The Morgan fingerprint density at radius 2 is 1.95 bits per heavy atom. The molecule has 0 aliphatic heterocycles. The predicted octanol–water partition coefficient (Wildman–Crippen LogP) is 4.16. The molecule has 2 aromatic heterocycles. The molecular weight excluding hydrogens is 300 g/mol. The van der Waals surface area contributed by atoms with Gasteiger partial charge in [0.2, 0.25) is 0 Å². The lowest BCUT2D eigenvalue weighted by Crippen LogP contribution is -1.98. The van der Waals surface area contributed by atoms with E-state index in [1.807, 2.05) is 23.6 Å². The largest absolute Gasteiger partial charge is 0.487 e. The Labute approximate surface area is 133 Å². The van der Waals surface area contributed by atoms with E-state index in [2.05, 4.69) is 4.98 Å². The SMILES string of the molecule is CCC(=O)c1ccc(OCc2cn3cc(Cl)ccc3n2)cc1. The highest BCUT2D eigenvalue weighted by molar-refractivity contribution is 6.30. The van der Waals surface area contributed by atoms with Gasteiger partial charge in [-0.1, -0.05) is 18.5 Å². The number of Topliss-reactive ketones (excluding diaryl/α,β-unsaturated/α-hetero) is 1. The molecule has 1 aromatic carbocycles. The molecule has 22 heavy (non-hydrogen) atoms. The summed E-state index contributed by atoms with van der Waals surface area (Å²) in [5.74, 6) is 0.839. The number of rotatable bonds is 5. The number of halogens is 1. The van der Waals surface area contributed by atoms with Gasteiger partial charge in [-0.25, -0.2) is 4.98 Å². The van der Waals surface area contributed by atoms with E-state index in [-0.39, 0.29) is 5.78 Å². The highest BCUT2D eigenvalue weighted by Gasteiger charge is 2.05. The smallest absolute Gasteiger partial charge is 0.162 e. The van der Waals surface area contributed by atoms with E-state index in [0.29, 0.717) is 29.4 Å². The molecule has 0 amide bonds. The molecule has 0 atom stereocenters. The minimum Gasteiger partial charge on any atom is -0.487 e. The lowest BCUT2D eigenvalue weighted by atomic mass is 10.1. The normalized spacial score (nSPS) is 10.8. The molecule has 2 heterocycles. The second-order valence-corrected chi connectivity index (χ2v) is 5.37. The lowest BCUT2D eigenvalue weighted by Gasteiger charge is -2.04. The molecule has 5 heteroatoms. The van der Waals surface area contributed by atoms with Crippen LogP contribution < -0.4 is 4.74 Å². The van der Waals surface area contributed by atoms with Crippen molar-refractivity contribution in [3.05, 3.63) is 65.1 Å². The van der Waals surface area contributed by atoms with Gasteiger partial charge in [0, 0.05) is 24.4 Å². The summed E-state index contributed by atoms with van der Waals surface area (Å²) in [4.78, 5) is 16.0. The molecule has 0 aliphatic rings. The fourth-order valence-electron chi connectivity index (χ4n) is 2.19. The number of nitrogens with zero attached hydrogens (tertiary/aromatic N) is 2. The van der Waals surface area contributed by atoms with E-state index < -0.39 is 0 Å². The summed E-state index contributed by atoms with van der Waals surface area (Å²) in [6, 6.07) is 10.8. The quantitative estimate of drug-likeness (QED) is 0.664. The van der Waals surface area contributed by atoms with Gasteiger partial charge in [0.15, 0.2) is 5.78 Å². The van der Waals surface area contributed by atoms with E-state index in [4.69, 9.17) is 16.3 Å². The summed E-state index contributed by atoms with van der Waals surface area (Å²) < 4.78 is 7.57. The Hall–Kier alpha value is -2.33. The summed E-state index contributed by atoms with van der Waals surface area (Å²) >= 11 is 5.95. The molecule has 3 rings (SSSR count). The van der Waals surface area contributed by atoms with Crippen LogP contribution in [0.1, 0.15) is 29.4 Å². The molecule has 0 spiro atoms. The number of carbonyl (C=O) groups is 1. The van der Waals surface area contributed by atoms with E-state index in [1.54, 1.807) is 36.5 Å². The van der Waals surface area contributed by atoms with Crippen LogP contribution in [0, 0.1) is 0 Å². The average molecular weight is 315 g/mol. The second-order valence-electron chi connectivity index (χ2n) is 4.93. The molecule has 4 nitrogen and oxygen atoms in total. The van der Waals surface area contributed by atoms with Gasteiger partial charge in [-0.15, -0.1) is 0 Å². The topological polar surface area (TPSA) is 43.6 Å². The van der Waals surface area contributed by atoms with Crippen LogP contribution >= 0.6 is 11.6 Å². The molecule has 0 saturated carbocycles. The number of imidazole rings is 1. The third-order valence-electron chi connectivity index (χ3n) is 3.35. The Bertz CT molecular complexity index is 809. The van der Waals surface area contributed by atoms with Gasteiger partial charge in [0.25, 0.3) is 0 Å². The van der Waals surface area contributed by atoms with Gasteiger partial charge < -0.3 is 9.14 Å². The Morgan fingerprint density at radius 1 is 1.18 bits per heavy atom. The van der Waals surface area contributed by atoms with Crippen molar-refractivity contribution >= 4 is 23.0 Å². The Balaban J connectivity index is 1.69. The fraction of sp³-hybridized carbons (Fsp3) is 0.176. The molecule has 0 unspecified atom stereocenters. The maximum absolute atomic E-state index is 11.6. The van der Waals surface area contributed by atoms with Gasteiger partial charge in [0.1, 0.15) is 18.0 Å². The molecule has 3 aromatic rings. The molecule has 0 N–H and O–H groups in total. The number of ether oxygens (including phenoxy) is 1. The molecular formula is C17H15ClN2O2. The Kier molecular flexibility index (Phi) is 4.11. The van der Waals surface area contributed by atoms with Gasteiger partial charge in [-0.2, -0.15) is 0 Å². The first-order valence-corrected chi connectivity index (χ1v) is 7.42. The van der Waals surface area contributed by atoms with Crippen molar-refractivity contribution in [1.82, 2.24) is 9.38 Å². The maximum atomic E-state index is 11.6. The monoisotopic (exact) mass is 314 g/mol. The lowest BCUT2D eigenvalue weighted by molar-refractivity contribution is 0.0988. The number of aromatic nitrogens is 2. The third kappa shape index (κ3) is 3.12. The first kappa shape index (κ1) is 14.6. The summed E-state index contributed by atoms with van der Waals surface area (Å²) in [6.07, 6.45) is 4.19. The van der Waals surface area contributed by atoms with E-state index >= 15 is 0 Å². The van der Waals surface area contributed by atoms with Crippen molar-refractivity contribution < 1.29 is 9.53 Å². The fourth-order valence-corrected chi connectivity index (χ4v) is 2.35. The van der Waals surface area contributed by atoms with Crippen molar-refractivity contribution in [3.63, 3.8) is 0 Å². The molecule has 0 radical (unpaired) electrons. The van der Waals surface area contributed by atoms with Crippen LogP contribution in [0.5, 0.6) is 5.75 Å². The molecule has 0 aliphatic carbocycles. The Morgan fingerprint density at radius 3 is 2.68 bits per heavy atom. The zero-order chi connectivity index (χ0) is 15.5. The number of pyridine rings is 1. The minimum atomic E-state index is 0.128. The number of hydrogen-bond acceptors (Lipinski definition) is 3. The van der Waals surface area contributed by atoms with Crippen LogP contribution in [0.25, 0.3) is 5.65 Å². The van der Waals surface area contributed by atoms with Gasteiger partial charge in [0.05, 0.1) is 10.7 Å². The van der Waals surface area contributed by atoms with E-state index in [9.17, 15) is 4.79 Å². The molecule has 112 valence electrons. The highest BCUT2D eigenvalue weighted by Crippen LogP contribution is 2.16. The average Bonchev–Trinajstić information content (AvgIpc) is 2.94. The second kappa shape index (κ2) is 6.20. The summed E-state index contributed by atoms with van der Waals surface area (Å²) in [5.41, 5.74) is 2.35. The number of ketones is 1. The molecule has 0 fully saturated rings. The van der Waals surface area contributed by atoms with Gasteiger partial charge >= 0.3 is 0 Å². The summed E-state index contributed by atoms with van der Waals surface area (Å²) in [5, 5.41) is 0.661. The maximum Gasteiger partial charge on any atom is 0.162 e. The number of benzene rings is 1.